The van der Waals surface area contributed by atoms with Crippen molar-refractivity contribution in [2.45, 2.75) is 71.5 Å². The molecule has 0 radical (unpaired) electrons. The highest BCUT2D eigenvalue weighted by molar-refractivity contribution is 5.93. The summed E-state index contributed by atoms with van der Waals surface area (Å²) in [6.45, 7) is 7.40. The molecule has 0 bridgehead atoms. The minimum atomic E-state index is -1.63. The van der Waals surface area contributed by atoms with Gasteiger partial charge in [-0.25, -0.2) is 9.59 Å². The summed E-state index contributed by atoms with van der Waals surface area (Å²) in [5.41, 5.74) is 4.22. The van der Waals surface area contributed by atoms with Crippen molar-refractivity contribution in [3.05, 3.63) is 59.7 Å². The lowest BCUT2D eigenvalue weighted by Gasteiger charge is -2.33. The first-order chi connectivity index (χ1) is 21.3. The van der Waals surface area contributed by atoms with Crippen LogP contribution in [0, 0.1) is 11.8 Å². The van der Waals surface area contributed by atoms with E-state index in [2.05, 4.69) is 10.6 Å². The topological polar surface area (TPSA) is 168 Å². The number of carbonyl (C=O) groups excluding carboxylic acids is 5. The van der Waals surface area contributed by atoms with Gasteiger partial charge in [-0.05, 0) is 40.5 Å². The molecule has 45 heavy (non-hydrogen) atoms. The Kier molecular flexibility index (Phi) is 12.2. The van der Waals surface area contributed by atoms with Gasteiger partial charge in [0.05, 0.1) is 0 Å². The van der Waals surface area contributed by atoms with Gasteiger partial charge in [-0.3, -0.25) is 19.3 Å². The summed E-state index contributed by atoms with van der Waals surface area (Å²) in [5.74, 6) is -4.55. The van der Waals surface area contributed by atoms with Crippen LogP contribution in [0.15, 0.2) is 48.5 Å². The van der Waals surface area contributed by atoms with Crippen molar-refractivity contribution in [3.63, 3.8) is 0 Å². The molecule has 0 heterocycles. The number of fused-ring (bicyclic) bond motifs is 3. The predicted molar refractivity (Wildman–Crippen MR) is 164 cm³/mol. The minimum Gasteiger partial charge on any atom is -0.480 e. The molecule has 12 nitrogen and oxygen atoms in total. The quantitative estimate of drug-likeness (QED) is 0.153. The van der Waals surface area contributed by atoms with Crippen LogP contribution in [0.4, 0.5) is 4.79 Å². The molecule has 3 amide bonds. The van der Waals surface area contributed by atoms with Gasteiger partial charge in [0.2, 0.25) is 11.8 Å². The Bertz CT molecular complexity index is 1360. The number of carboxylic acid groups (broad SMARTS) is 1. The van der Waals surface area contributed by atoms with E-state index in [4.69, 9.17) is 9.47 Å². The van der Waals surface area contributed by atoms with Crippen molar-refractivity contribution in [3.8, 4) is 11.1 Å². The number of nitrogens with zero attached hydrogens (tertiary/aromatic N) is 1. The van der Waals surface area contributed by atoms with Crippen molar-refractivity contribution in [2.24, 2.45) is 11.8 Å². The monoisotopic (exact) mass is 623 g/mol. The molecule has 3 N–H and O–H groups in total. The van der Waals surface area contributed by atoms with E-state index in [0.29, 0.717) is 6.29 Å². The van der Waals surface area contributed by atoms with Gasteiger partial charge in [0.15, 0.2) is 6.73 Å². The molecule has 0 saturated carbocycles. The first kappa shape index (κ1) is 34.7. The van der Waals surface area contributed by atoms with E-state index < -0.39 is 67.0 Å². The van der Waals surface area contributed by atoms with Gasteiger partial charge in [0.1, 0.15) is 31.0 Å². The fourth-order valence-corrected chi connectivity index (χ4v) is 5.35. The Balaban J connectivity index is 1.75. The Hall–Kier alpha value is -4.74. The number of amides is 3. The van der Waals surface area contributed by atoms with Crippen molar-refractivity contribution < 1.29 is 43.3 Å². The van der Waals surface area contributed by atoms with Crippen molar-refractivity contribution >= 4 is 36.1 Å². The lowest BCUT2D eigenvalue weighted by molar-refractivity contribution is -0.163. The molecule has 2 aromatic rings. The second-order valence-electron chi connectivity index (χ2n) is 11.7. The number of hydrogen-bond acceptors (Lipinski definition) is 8. The summed E-state index contributed by atoms with van der Waals surface area (Å²) >= 11 is 0. The summed E-state index contributed by atoms with van der Waals surface area (Å²) in [6.07, 6.45) is -0.805. The maximum absolute atomic E-state index is 13.6. The van der Waals surface area contributed by atoms with Gasteiger partial charge in [-0.1, -0.05) is 76.2 Å². The standard InChI is InChI=1S/C33H41N3O9/c1-19(2)16-27(34-33(43)44-17-26-24-12-8-6-10-22(24)23-11-7-9-13-25(23)26)30(39)35-29(20(3)4)31(40)36(18-45-21(5)38)28(14-15-37)32(41)42/h6-13,15,19-20,26-29H,14,16-18H2,1-5H3,(H,34,43)(H,35,39)(H,41,42)/t27-,28-,29-/m0/s1. The van der Waals surface area contributed by atoms with E-state index in [-0.39, 0.29) is 24.9 Å². The van der Waals surface area contributed by atoms with Crippen molar-refractivity contribution in [2.75, 3.05) is 13.3 Å². The summed E-state index contributed by atoms with van der Waals surface area (Å²) in [7, 11) is 0. The number of hydrogen-bond donors (Lipinski definition) is 3. The van der Waals surface area contributed by atoms with Crippen molar-refractivity contribution in [1.82, 2.24) is 15.5 Å². The maximum Gasteiger partial charge on any atom is 0.407 e. The zero-order valence-corrected chi connectivity index (χ0v) is 26.1. The lowest BCUT2D eigenvalue weighted by atomic mass is 9.98. The third-order valence-electron chi connectivity index (χ3n) is 7.56. The van der Waals surface area contributed by atoms with E-state index in [0.717, 1.165) is 34.1 Å². The lowest BCUT2D eigenvalue weighted by Crippen LogP contribution is -2.59. The number of carboxylic acids is 1. The number of aldehydes is 1. The molecule has 0 saturated heterocycles. The average molecular weight is 624 g/mol. The summed E-state index contributed by atoms with van der Waals surface area (Å²) in [4.78, 5) is 75.4. The molecule has 3 rings (SSSR count). The summed E-state index contributed by atoms with van der Waals surface area (Å²) < 4.78 is 10.5. The first-order valence-corrected chi connectivity index (χ1v) is 14.9. The highest BCUT2D eigenvalue weighted by Crippen LogP contribution is 2.44. The smallest absolute Gasteiger partial charge is 0.407 e. The molecule has 1 aliphatic carbocycles. The minimum absolute atomic E-state index is 0.0349. The Morgan fingerprint density at radius 3 is 1.98 bits per heavy atom. The summed E-state index contributed by atoms with van der Waals surface area (Å²) in [5, 5.41) is 14.9. The van der Waals surface area contributed by atoms with E-state index >= 15 is 0 Å². The Morgan fingerprint density at radius 1 is 0.911 bits per heavy atom. The molecular weight excluding hydrogens is 582 g/mol. The van der Waals surface area contributed by atoms with Crippen LogP contribution in [0.25, 0.3) is 11.1 Å². The Morgan fingerprint density at radius 2 is 1.49 bits per heavy atom. The molecular formula is C33H41N3O9. The number of nitrogens with one attached hydrogen (secondary N) is 2. The van der Waals surface area contributed by atoms with Crippen LogP contribution in [0.1, 0.15) is 64.5 Å². The first-order valence-electron chi connectivity index (χ1n) is 14.9. The summed E-state index contributed by atoms with van der Waals surface area (Å²) in [6, 6.07) is 11.8. The van der Waals surface area contributed by atoms with Crippen LogP contribution in [-0.2, 0) is 33.4 Å². The fourth-order valence-electron chi connectivity index (χ4n) is 5.35. The number of benzene rings is 2. The highest BCUT2D eigenvalue weighted by Gasteiger charge is 2.38. The molecule has 242 valence electrons. The largest absolute Gasteiger partial charge is 0.480 e. The van der Waals surface area contributed by atoms with Crippen LogP contribution < -0.4 is 10.6 Å². The van der Waals surface area contributed by atoms with Gasteiger partial charge in [0, 0.05) is 19.3 Å². The van der Waals surface area contributed by atoms with Crippen LogP contribution in [0.2, 0.25) is 0 Å². The average Bonchev–Trinajstić information content (AvgIpc) is 3.30. The number of alkyl carbamates (subject to hydrolysis) is 1. The molecule has 3 atom stereocenters. The third-order valence-corrected chi connectivity index (χ3v) is 7.56. The van der Waals surface area contributed by atoms with Crippen LogP contribution in [0.3, 0.4) is 0 Å². The molecule has 1 aliphatic rings. The molecule has 0 fully saturated rings. The number of aliphatic carboxylic acids is 1. The normalized spacial score (nSPS) is 14.0. The molecule has 2 aromatic carbocycles. The SMILES string of the molecule is CC(=O)OCN(C(=O)[C@@H](NC(=O)[C@H](CC(C)C)NC(=O)OCC1c2ccccc2-c2ccccc21)C(C)C)[C@@H](CC=O)C(=O)O. The zero-order valence-electron chi connectivity index (χ0n) is 26.1. The number of ether oxygens (including phenoxy) is 2. The highest BCUT2D eigenvalue weighted by atomic mass is 16.6. The molecule has 0 spiro atoms. The fraction of sp³-hybridized carbons (Fsp3) is 0.455. The van der Waals surface area contributed by atoms with Gasteiger partial charge >= 0.3 is 18.0 Å². The molecule has 0 unspecified atom stereocenters. The number of esters is 1. The van der Waals surface area contributed by atoms with E-state index in [1.807, 2.05) is 62.4 Å². The molecule has 12 heteroatoms. The number of rotatable bonds is 15. The number of carbonyl (C=O) groups is 6. The third kappa shape index (κ3) is 8.90. The molecule has 0 aromatic heterocycles. The van der Waals surface area contributed by atoms with Crippen LogP contribution >= 0.6 is 0 Å². The second-order valence-corrected chi connectivity index (χ2v) is 11.7. The van der Waals surface area contributed by atoms with Gasteiger partial charge < -0.3 is 30.0 Å². The van der Waals surface area contributed by atoms with Crippen LogP contribution in [-0.4, -0.2) is 77.6 Å². The van der Waals surface area contributed by atoms with Gasteiger partial charge in [-0.15, -0.1) is 0 Å². The zero-order chi connectivity index (χ0) is 33.3. The maximum atomic E-state index is 13.6. The second kappa shape index (κ2) is 15.8. The van der Waals surface area contributed by atoms with Crippen molar-refractivity contribution in [1.29, 1.82) is 0 Å². The van der Waals surface area contributed by atoms with E-state index in [1.165, 1.54) is 0 Å². The van der Waals surface area contributed by atoms with Gasteiger partial charge in [0.25, 0.3) is 0 Å². The molecule has 0 aliphatic heterocycles. The predicted octanol–water partition coefficient (Wildman–Crippen LogP) is 3.47. The van der Waals surface area contributed by atoms with E-state index in [9.17, 15) is 33.9 Å². The van der Waals surface area contributed by atoms with E-state index in [1.54, 1.807) is 13.8 Å². The Labute approximate surface area is 262 Å². The van der Waals surface area contributed by atoms with Gasteiger partial charge in [-0.2, -0.15) is 0 Å². The van der Waals surface area contributed by atoms with Crippen LogP contribution in [0.5, 0.6) is 0 Å².